The summed E-state index contributed by atoms with van der Waals surface area (Å²) in [4.78, 5) is 22.4. The minimum atomic E-state index is -0.627. The average Bonchev–Trinajstić information content (AvgIpc) is 2.67. The van der Waals surface area contributed by atoms with Gasteiger partial charge in [0, 0.05) is 19.0 Å². The molecule has 2 aromatic carbocycles. The lowest BCUT2D eigenvalue weighted by Gasteiger charge is -2.40. The normalized spacial score (nSPS) is 13.4. The largest absolute Gasteiger partial charge is 0.366 e. The van der Waals surface area contributed by atoms with Crippen molar-refractivity contribution in [1.29, 1.82) is 0 Å². The molecule has 0 bridgehead atoms. The number of hydrogen-bond donors (Lipinski definition) is 2. The molecule has 3 rings (SSSR count). The van der Waals surface area contributed by atoms with Crippen LogP contribution in [0.5, 0.6) is 0 Å². The highest BCUT2D eigenvalue weighted by molar-refractivity contribution is 6.42. The van der Waals surface area contributed by atoms with Crippen LogP contribution in [0.4, 0.5) is 5.82 Å². The number of nitrogens with two attached hydrogens (primary N) is 2. The fourth-order valence-corrected chi connectivity index (χ4v) is 3.35. The molecule has 0 saturated carbocycles. The summed E-state index contributed by atoms with van der Waals surface area (Å²) in [5.74, 6) is 0.0843. The second-order valence-electron chi connectivity index (χ2n) is 6.43. The third kappa shape index (κ3) is 3.32. The van der Waals surface area contributed by atoms with Crippen LogP contribution in [-0.2, 0) is 5.54 Å². The van der Waals surface area contributed by atoms with Crippen molar-refractivity contribution in [2.45, 2.75) is 12.5 Å². The van der Waals surface area contributed by atoms with Gasteiger partial charge in [-0.3, -0.25) is 4.79 Å². The first kappa shape index (κ1) is 19.4. The third-order valence-electron chi connectivity index (χ3n) is 4.91. The standard InChI is InChI=1S/C19H19Cl2N5O/c1-19(9-22,11-6-7-14(20)15(21)8-11)26(2)18-13-5-3-4-12(17(23)27)16(13)24-10-25-18/h3-8,10H,9,22H2,1-2H3,(H2,23,27). The molecule has 0 aliphatic carbocycles. The number of rotatable bonds is 5. The number of amides is 1. The van der Waals surface area contributed by atoms with E-state index in [1.807, 2.05) is 31.0 Å². The Kier molecular flexibility index (Phi) is 5.24. The summed E-state index contributed by atoms with van der Waals surface area (Å²) in [6, 6.07) is 10.7. The Morgan fingerprint density at radius 1 is 1.19 bits per heavy atom. The van der Waals surface area contributed by atoms with Crippen LogP contribution in [0.3, 0.4) is 0 Å². The summed E-state index contributed by atoms with van der Waals surface area (Å²) in [6.07, 6.45) is 1.41. The molecule has 1 aromatic heterocycles. The number of carbonyl (C=O) groups is 1. The second kappa shape index (κ2) is 7.31. The smallest absolute Gasteiger partial charge is 0.250 e. The third-order valence-corrected chi connectivity index (χ3v) is 5.65. The number of halogens is 2. The molecule has 27 heavy (non-hydrogen) atoms. The van der Waals surface area contributed by atoms with E-state index in [1.54, 1.807) is 24.3 Å². The van der Waals surface area contributed by atoms with Crippen LogP contribution in [-0.4, -0.2) is 29.5 Å². The lowest BCUT2D eigenvalue weighted by Crippen LogP contribution is -2.47. The minimum Gasteiger partial charge on any atom is -0.366 e. The summed E-state index contributed by atoms with van der Waals surface area (Å²) in [7, 11) is 1.88. The molecule has 0 saturated heterocycles. The monoisotopic (exact) mass is 403 g/mol. The number of carbonyl (C=O) groups excluding carboxylic acids is 1. The van der Waals surface area contributed by atoms with E-state index in [0.29, 0.717) is 38.9 Å². The van der Waals surface area contributed by atoms with Crippen molar-refractivity contribution in [3.05, 3.63) is 63.9 Å². The zero-order chi connectivity index (χ0) is 19.8. The number of anilines is 1. The van der Waals surface area contributed by atoms with Crippen molar-refractivity contribution >= 4 is 45.8 Å². The highest BCUT2D eigenvalue weighted by Crippen LogP contribution is 2.36. The van der Waals surface area contributed by atoms with E-state index in [-0.39, 0.29) is 0 Å². The molecule has 0 aliphatic heterocycles. The van der Waals surface area contributed by atoms with Gasteiger partial charge in [0.2, 0.25) is 0 Å². The van der Waals surface area contributed by atoms with Gasteiger partial charge in [-0.25, -0.2) is 9.97 Å². The molecule has 3 aromatic rings. The summed E-state index contributed by atoms with van der Waals surface area (Å²) in [5.41, 5.74) is 12.7. The van der Waals surface area contributed by atoms with E-state index in [0.717, 1.165) is 5.56 Å². The molecule has 1 unspecified atom stereocenters. The molecule has 8 heteroatoms. The van der Waals surface area contributed by atoms with Gasteiger partial charge in [0.1, 0.15) is 12.1 Å². The average molecular weight is 404 g/mol. The Hall–Kier alpha value is -2.41. The Labute approximate surface area is 167 Å². The highest BCUT2D eigenvalue weighted by Gasteiger charge is 2.32. The van der Waals surface area contributed by atoms with Gasteiger partial charge in [0.25, 0.3) is 5.91 Å². The summed E-state index contributed by atoms with van der Waals surface area (Å²) >= 11 is 12.3. The molecule has 6 nitrogen and oxygen atoms in total. The Morgan fingerprint density at radius 3 is 2.56 bits per heavy atom. The Morgan fingerprint density at radius 2 is 1.93 bits per heavy atom. The molecular formula is C19H19Cl2N5O. The predicted molar refractivity (Wildman–Crippen MR) is 109 cm³/mol. The first-order valence-corrected chi connectivity index (χ1v) is 8.98. The van der Waals surface area contributed by atoms with Crippen LogP contribution in [0.1, 0.15) is 22.8 Å². The molecule has 1 atom stereocenters. The van der Waals surface area contributed by atoms with Gasteiger partial charge in [-0.15, -0.1) is 0 Å². The number of para-hydroxylation sites is 1. The molecule has 0 spiro atoms. The number of benzene rings is 2. The van der Waals surface area contributed by atoms with Gasteiger partial charge >= 0.3 is 0 Å². The van der Waals surface area contributed by atoms with Gasteiger partial charge in [0.15, 0.2) is 0 Å². The number of hydrogen-bond acceptors (Lipinski definition) is 5. The fourth-order valence-electron chi connectivity index (χ4n) is 3.05. The lowest BCUT2D eigenvalue weighted by molar-refractivity contribution is 0.100. The van der Waals surface area contributed by atoms with Gasteiger partial charge in [-0.1, -0.05) is 35.3 Å². The predicted octanol–water partition coefficient (Wildman–Crippen LogP) is 3.35. The van der Waals surface area contributed by atoms with E-state index < -0.39 is 11.4 Å². The molecule has 1 amide bonds. The topological polar surface area (TPSA) is 98.1 Å². The van der Waals surface area contributed by atoms with Crippen molar-refractivity contribution in [3.8, 4) is 0 Å². The zero-order valence-corrected chi connectivity index (χ0v) is 16.4. The number of likely N-dealkylation sites (N-methyl/N-ethyl adjacent to an activating group) is 1. The first-order chi connectivity index (χ1) is 12.8. The SMILES string of the molecule is CN(c1ncnc2c(C(N)=O)cccc12)C(C)(CN)c1ccc(Cl)c(Cl)c1. The maximum absolute atomic E-state index is 11.7. The number of primary amides is 1. The number of fused-ring (bicyclic) bond motifs is 1. The van der Waals surface area contributed by atoms with Crippen LogP contribution < -0.4 is 16.4 Å². The zero-order valence-electron chi connectivity index (χ0n) is 14.9. The van der Waals surface area contributed by atoms with Gasteiger partial charge < -0.3 is 16.4 Å². The second-order valence-corrected chi connectivity index (χ2v) is 7.24. The Bertz CT molecular complexity index is 1030. The summed E-state index contributed by atoms with van der Waals surface area (Å²) < 4.78 is 0. The van der Waals surface area contributed by atoms with Crippen molar-refractivity contribution < 1.29 is 4.79 Å². The van der Waals surface area contributed by atoms with Crippen LogP contribution in [0.2, 0.25) is 10.0 Å². The van der Waals surface area contributed by atoms with Crippen LogP contribution in [0, 0.1) is 0 Å². The van der Waals surface area contributed by atoms with E-state index in [1.165, 1.54) is 6.33 Å². The van der Waals surface area contributed by atoms with Crippen LogP contribution in [0.25, 0.3) is 10.9 Å². The first-order valence-electron chi connectivity index (χ1n) is 8.22. The molecule has 4 N–H and O–H groups in total. The van der Waals surface area contributed by atoms with E-state index in [2.05, 4.69) is 9.97 Å². The Balaban J connectivity index is 2.18. The van der Waals surface area contributed by atoms with Crippen molar-refractivity contribution in [2.24, 2.45) is 11.5 Å². The molecule has 140 valence electrons. The molecule has 0 aliphatic rings. The number of nitrogens with zero attached hydrogens (tertiary/aromatic N) is 3. The summed E-state index contributed by atoms with van der Waals surface area (Å²) in [5, 5.41) is 1.63. The number of aromatic nitrogens is 2. The molecule has 0 radical (unpaired) electrons. The lowest BCUT2D eigenvalue weighted by atomic mass is 9.90. The van der Waals surface area contributed by atoms with Crippen LogP contribution >= 0.6 is 23.2 Å². The fraction of sp³-hybridized carbons (Fsp3) is 0.211. The van der Waals surface area contributed by atoms with Gasteiger partial charge in [-0.05, 0) is 36.8 Å². The van der Waals surface area contributed by atoms with Crippen molar-refractivity contribution in [2.75, 3.05) is 18.5 Å². The molecule has 0 fully saturated rings. The highest BCUT2D eigenvalue weighted by atomic mass is 35.5. The van der Waals surface area contributed by atoms with Crippen LogP contribution in [0.15, 0.2) is 42.7 Å². The summed E-state index contributed by atoms with van der Waals surface area (Å²) in [6.45, 7) is 2.28. The van der Waals surface area contributed by atoms with Gasteiger partial charge in [0.05, 0.1) is 26.7 Å². The van der Waals surface area contributed by atoms with Gasteiger partial charge in [-0.2, -0.15) is 0 Å². The molecule has 1 heterocycles. The van der Waals surface area contributed by atoms with E-state index in [4.69, 9.17) is 34.7 Å². The maximum atomic E-state index is 11.7. The minimum absolute atomic E-state index is 0.294. The quantitative estimate of drug-likeness (QED) is 0.680. The molecular weight excluding hydrogens is 385 g/mol. The van der Waals surface area contributed by atoms with Crippen molar-refractivity contribution in [3.63, 3.8) is 0 Å². The maximum Gasteiger partial charge on any atom is 0.250 e. The van der Waals surface area contributed by atoms with E-state index >= 15 is 0 Å². The van der Waals surface area contributed by atoms with E-state index in [9.17, 15) is 4.79 Å². The van der Waals surface area contributed by atoms with Crippen molar-refractivity contribution in [1.82, 2.24) is 9.97 Å².